The van der Waals surface area contributed by atoms with E-state index in [1.54, 1.807) is 0 Å². The van der Waals surface area contributed by atoms with Crippen LogP contribution < -0.4 is 5.73 Å². The van der Waals surface area contributed by atoms with Crippen molar-refractivity contribution in [1.82, 2.24) is 4.90 Å². The van der Waals surface area contributed by atoms with E-state index in [9.17, 15) is 19.2 Å². The number of hydrogen-bond donors (Lipinski definition) is 1. The molecule has 0 aromatic heterocycles. The van der Waals surface area contributed by atoms with Crippen LogP contribution in [0.15, 0.2) is 18.2 Å². The second kappa shape index (κ2) is 4.06. The molecule has 6 nitrogen and oxygen atoms in total. The number of carbonyl (C=O) groups excluding carboxylic acids is 4. The number of rotatable bonds is 2. The zero-order chi connectivity index (χ0) is 13.4. The zero-order valence-electron chi connectivity index (χ0n) is 9.60. The topological polar surface area (TPSA) is 97.5 Å². The number of anilines is 1. The standard InChI is InChI=1S/C12H10N2O4/c1-6(15)5-9(16)14-11(17)7-3-2-4-8(13)10(7)12(14)18/h2-4H,5,13H2,1H3. The normalized spacial score (nSPS) is 13.7. The van der Waals surface area contributed by atoms with Gasteiger partial charge in [-0.3, -0.25) is 19.2 Å². The van der Waals surface area contributed by atoms with E-state index in [-0.39, 0.29) is 16.8 Å². The van der Waals surface area contributed by atoms with Gasteiger partial charge in [-0.05, 0) is 19.1 Å². The molecule has 0 saturated carbocycles. The molecule has 3 amide bonds. The number of hydrogen-bond acceptors (Lipinski definition) is 5. The van der Waals surface area contributed by atoms with Gasteiger partial charge in [0.2, 0.25) is 5.91 Å². The molecule has 0 fully saturated rings. The summed E-state index contributed by atoms with van der Waals surface area (Å²) in [6.45, 7) is 1.21. The fourth-order valence-electron chi connectivity index (χ4n) is 1.83. The Morgan fingerprint density at radius 3 is 2.44 bits per heavy atom. The van der Waals surface area contributed by atoms with Crippen LogP contribution in [0.5, 0.6) is 0 Å². The number of carbonyl (C=O) groups is 4. The fourth-order valence-corrected chi connectivity index (χ4v) is 1.83. The molecule has 0 spiro atoms. The quantitative estimate of drug-likeness (QED) is 0.462. The van der Waals surface area contributed by atoms with E-state index in [0.717, 1.165) is 0 Å². The Labute approximate surface area is 102 Å². The summed E-state index contributed by atoms with van der Waals surface area (Å²) in [6.07, 6.45) is -0.481. The molecule has 1 aliphatic rings. The maximum Gasteiger partial charge on any atom is 0.270 e. The number of imide groups is 3. The summed E-state index contributed by atoms with van der Waals surface area (Å²) in [4.78, 5) is 46.9. The molecular weight excluding hydrogens is 236 g/mol. The van der Waals surface area contributed by atoms with Gasteiger partial charge in [0.05, 0.1) is 17.5 Å². The van der Waals surface area contributed by atoms with Crippen LogP contribution in [0.2, 0.25) is 0 Å². The monoisotopic (exact) mass is 246 g/mol. The third-order valence-electron chi connectivity index (χ3n) is 2.60. The van der Waals surface area contributed by atoms with Gasteiger partial charge in [-0.25, -0.2) is 4.90 Å². The van der Waals surface area contributed by atoms with Gasteiger partial charge in [-0.1, -0.05) is 6.07 Å². The Kier molecular flexibility index (Phi) is 2.70. The maximum atomic E-state index is 11.9. The molecule has 2 rings (SSSR count). The number of ketones is 1. The average molecular weight is 246 g/mol. The lowest BCUT2D eigenvalue weighted by Crippen LogP contribution is -2.37. The third kappa shape index (κ3) is 1.67. The fraction of sp³-hybridized carbons (Fsp3) is 0.167. The van der Waals surface area contributed by atoms with Crippen molar-refractivity contribution in [3.63, 3.8) is 0 Å². The number of Topliss-reactive ketones (excluding diaryl/α,β-unsaturated/α-hetero) is 1. The van der Waals surface area contributed by atoms with E-state index in [0.29, 0.717) is 4.90 Å². The number of nitrogens with zero attached hydrogens (tertiary/aromatic N) is 1. The highest BCUT2D eigenvalue weighted by Gasteiger charge is 2.41. The van der Waals surface area contributed by atoms with Gasteiger partial charge in [0.25, 0.3) is 11.8 Å². The molecule has 2 N–H and O–H groups in total. The lowest BCUT2D eigenvalue weighted by atomic mass is 10.1. The molecule has 6 heteroatoms. The van der Waals surface area contributed by atoms with Gasteiger partial charge in [0, 0.05) is 5.69 Å². The van der Waals surface area contributed by atoms with Crippen LogP contribution >= 0.6 is 0 Å². The van der Waals surface area contributed by atoms with Crippen molar-refractivity contribution >= 4 is 29.2 Å². The van der Waals surface area contributed by atoms with Crippen molar-refractivity contribution in [2.24, 2.45) is 0 Å². The highest BCUT2D eigenvalue weighted by atomic mass is 16.2. The van der Waals surface area contributed by atoms with Gasteiger partial charge < -0.3 is 5.73 Å². The number of nitrogens with two attached hydrogens (primary N) is 1. The lowest BCUT2D eigenvalue weighted by Gasteiger charge is -2.10. The highest BCUT2D eigenvalue weighted by molar-refractivity contribution is 6.31. The minimum Gasteiger partial charge on any atom is -0.398 e. The second-order valence-corrected chi connectivity index (χ2v) is 3.99. The Balaban J connectivity index is 2.43. The molecule has 0 aliphatic carbocycles. The Hall–Kier alpha value is -2.50. The first-order chi connectivity index (χ1) is 8.43. The molecule has 0 unspecified atom stereocenters. The smallest absolute Gasteiger partial charge is 0.270 e. The first-order valence-electron chi connectivity index (χ1n) is 5.23. The predicted octanol–water partition coefficient (Wildman–Crippen LogP) is 0.371. The molecule has 1 aromatic carbocycles. The van der Waals surface area contributed by atoms with E-state index in [1.807, 2.05) is 0 Å². The van der Waals surface area contributed by atoms with Crippen LogP contribution in [0, 0.1) is 0 Å². The predicted molar refractivity (Wildman–Crippen MR) is 61.7 cm³/mol. The molecule has 1 aromatic rings. The Morgan fingerprint density at radius 1 is 1.22 bits per heavy atom. The van der Waals surface area contributed by atoms with Crippen LogP contribution in [0.3, 0.4) is 0 Å². The Morgan fingerprint density at radius 2 is 1.89 bits per heavy atom. The van der Waals surface area contributed by atoms with Gasteiger partial charge in [-0.2, -0.15) is 0 Å². The van der Waals surface area contributed by atoms with Gasteiger partial charge in [0.15, 0.2) is 0 Å². The summed E-state index contributed by atoms with van der Waals surface area (Å²) in [7, 11) is 0. The van der Waals surface area contributed by atoms with Crippen molar-refractivity contribution in [1.29, 1.82) is 0 Å². The number of amides is 3. The van der Waals surface area contributed by atoms with E-state index in [1.165, 1.54) is 25.1 Å². The summed E-state index contributed by atoms with van der Waals surface area (Å²) < 4.78 is 0. The minimum atomic E-state index is -0.826. The molecular formula is C12H10N2O4. The molecule has 1 aliphatic heterocycles. The van der Waals surface area contributed by atoms with E-state index >= 15 is 0 Å². The highest BCUT2D eigenvalue weighted by Crippen LogP contribution is 2.27. The summed E-state index contributed by atoms with van der Waals surface area (Å²) >= 11 is 0. The molecule has 92 valence electrons. The molecule has 0 bridgehead atoms. The van der Waals surface area contributed by atoms with Crippen molar-refractivity contribution < 1.29 is 19.2 Å². The number of benzene rings is 1. The van der Waals surface area contributed by atoms with Crippen LogP contribution in [0.4, 0.5) is 5.69 Å². The number of fused-ring (bicyclic) bond motifs is 1. The average Bonchev–Trinajstić information content (AvgIpc) is 2.51. The summed E-state index contributed by atoms with van der Waals surface area (Å²) in [6, 6.07) is 4.42. The minimum absolute atomic E-state index is 0.0272. The van der Waals surface area contributed by atoms with E-state index in [4.69, 9.17) is 5.73 Å². The van der Waals surface area contributed by atoms with Crippen LogP contribution in [-0.4, -0.2) is 28.4 Å². The summed E-state index contributed by atoms with van der Waals surface area (Å²) in [5.41, 5.74) is 5.87. The van der Waals surface area contributed by atoms with Crippen molar-refractivity contribution in [2.75, 3.05) is 5.73 Å². The Bertz CT molecular complexity index is 592. The largest absolute Gasteiger partial charge is 0.398 e. The first-order valence-corrected chi connectivity index (χ1v) is 5.23. The lowest BCUT2D eigenvalue weighted by molar-refractivity contribution is -0.130. The van der Waals surface area contributed by atoms with Crippen LogP contribution in [0.1, 0.15) is 34.1 Å². The van der Waals surface area contributed by atoms with Gasteiger partial charge in [0.1, 0.15) is 5.78 Å². The summed E-state index contributed by atoms with van der Waals surface area (Å²) in [5, 5.41) is 0. The first kappa shape index (κ1) is 12.0. The zero-order valence-corrected chi connectivity index (χ0v) is 9.60. The van der Waals surface area contributed by atoms with Crippen molar-refractivity contribution in [3.8, 4) is 0 Å². The molecule has 0 saturated heterocycles. The molecule has 1 heterocycles. The van der Waals surface area contributed by atoms with Crippen molar-refractivity contribution in [3.05, 3.63) is 29.3 Å². The van der Waals surface area contributed by atoms with Gasteiger partial charge >= 0.3 is 0 Å². The number of nitrogen functional groups attached to an aromatic ring is 1. The molecule has 0 atom stereocenters. The van der Waals surface area contributed by atoms with Crippen molar-refractivity contribution in [2.45, 2.75) is 13.3 Å². The van der Waals surface area contributed by atoms with Crippen LogP contribution in [-0.2, 0) is 9.59 Å². The van der Waals surface area contributed by atoms with Crippen LogP contribution in [0.25, 0.3) is 0 Å². The van der Waals surface area contributed by atoms with Gasteiger partial charge in [-0.15, -0.1) is 0 Å². The second-order valence-electron chi connectivity index (χ2n) is 3.99. The maximum absolute atomic E-state index is 11.9. The third-order valence-corrected chi connectivity index (χ3v) is 2.60. The molecule has 0 radical (unpaired) electrons. The summed E-state index contributed by atoms with van der Waals surface area (Å²) in [5.74, 6) is -2.73. The van der Waals surface area contributed by atoms with E-state index < -0.39 is 29.9 Å². The van der Waals surface area contributed by atoms with E-state index in [2.05, 4.69) is 0 Å². The SMILES string of the molecule is CC(=O)CC(=O)N1C(=O)c2cccc(N)c2C1=O. The molecule has 18 heavy (non-hydrogen) atoms.